The molecular formula is C78H152O17P2. The zero-order chi connectivity index (χ0) is 71.6. The maximum Gasteiger partial charge on any atom is 0.472 e. The lowest BCUT2D eigenvalue weighted by molar-refractivity contribution is -0.161. The molecule has 0 aliphatic heterocycles. The molecule has 0 bridgehead atoms. The van der Waals surface area contributed by atoms with Crippen LogP contribution in [0.25, 0.3) is 0 Å². The summed E-state index contributed by atoms with van der Waals surface area (Å²) in [7, 11) is -9.92. The standard InChI is InChI=1S/C78H152O17P2/c1-8-9-10-11-12-13-14-15-16-17-18-19-22-33-40-47-54-61-77(82)94-73(65-88-75(80)59-52-45-38-31-23-20-21-28-35-42-49-56-69(2)3)67-92-96(84,85)90-63-72(79)64-91-97(86,87)93-68-74(95-78(83)62-55-48-41-34-27-25-30-37-44-51-58-71(6)7)66-89-76(81)60-53-46-39-32-26-24-29-36-43-50-57-70(4)5/h69-74,79H,8-68H2,1-7H3,(H,84,85)(H,86,87)/t72-,73-,74-/m1/s1. The molecule has 0 aromatic heterocycles. The van der Waals surface area contributed by atoms with Gasteiger partial charge in [-0.3, -0.25) is 37.3 Å². The molecule has 0 radical (unpaired) electrons. The molecule has 0 spiro atoms. The highest BCUT2D eigenvalue weighted by Gasteiger charge is 2.30. The van der Waals surface area contributed by atoms with Crippen LogP contribution in [0.15, 0.2) is 0 Å². The molecule has 97 heavy (non-hydrogen) atoms. The van der Waals surface area contributed by atoms with Crippen molar-refractivity contribution in [3.8, 4) is 0 Å². The molecule has 0 aliphatic rings. The minimum atomic E-state index is -4.96. The Balaban J connectivity index is 5.27. The SMILES string of the molecule is CCCCCCCCCCCCCCCCCCCC(=O)O[C@H](COC(=O)CCCCCCCCCCCCCC(C)C)COP(=O)(O)OC[C@@H](O)COP(=O)(O)OC[C@@H](COC(=O)CCCCCCCCCCCCC(C)C)OC(=O)CCCCCCCCCCCCC(C)C. The summed E-state index contributed by atoms with van der Waals surface area (Å²) in [5, 5.41) is 10.6. The normalized spacial score (nSPS) is 14.0. The van der Waals surface area contributed by atoms with Crippen LogP contribution in [0.5, 0.6) is 0 Å². The largest absolute Gasteiger partial charge is 0.472 e. The van der Waals surface area contributed by atoms with Crippen LogP contribution in [-0.2, 0) is 65.4 Å². The molecule has 0 saturated carbocycles. The van der Waals surface area contributed by atoms with Crippen LogP contribution in [0.4, 0.5) is 0 Å². The first kappa shape index (κ1) is 95.1. The maximum atomic E-state index is 13.1. The first-order valence-electron chi connectivity index (χ1n) is 40.3. The average Bonchev–Trinajstić information content (AvgIpc) is 1.27. The quantitative estimate of drug-likeness (QED) is 0.0222. The number of aliphatic hydroxyl groups is 1. The summed E-state index contributed by atoms with van der Waals surface area (Å²) in [5.74, 6) is 0.168. The Bertz CT molecular complexity index is 1890. The number of ether oxygens (including phenoxy) is 4. The van der Waals surface area contributed by atoms with Gasteiger partial charge < -0.3 is 33.8 Å². The number of carbonyl (C=O) groups excluding carboxylic acids is 4. The number of hydrogen-bond donors (Lipinski definition) is 3. The van der Waals surface area contributed by atoms with Crippen molar-refractivity contribution in [1.82, 2.24) is 0 Å². The molecule has 0 saturated heterocycles. The van der Waals surface area contributed by atoms with Crippen LogP contribution in [0.3, 0.4) is 0 Å². The Morgan fingerprint density at radius 3 is 0.701 bits per heavy atom. The van der Waals surface area contributed by atoms with Crippen molar-refractivity contribution in [2.24, 2.45) is 17.8 Å². The molecule has 0 rings (SSSR count). The smallest absolute Gasteiger partial charge is 0.462 e. The number of unbranched alkanes of at least 4 members (excludes halogenated alkanes) is 44. The second-order valence-corrected chi connectivity index (χ2v) is 32.4. The van der Waals surface area contributed by atoms with E-state index in [9.17, 15) is 43.2 Å². The van der Waals surface area contributed by atoms with Crippen LogP contribution >= 0.6 is 15.6 Å². The van der Waals surface area contributed by atoms with Crippen molar-refractivity contribution >= 4 is 39.5 Å². The fraction of sp³-hybridized carbons (Fsp3) is 0.949. The van der Waals surface area contributed by atoms with E-state index >= 15 is 0 Å². The summed E-state index contributed by atoms with van der Waals surface area (Å²) >= 11 is 0. The summed E-state index contributed by atoms with van der Waals surface area (Å²) in [4.78, 5) is 72.9. The number of carbonyl (C=O) groups is 4. The molecule has 576 valence electrons. The van der Waals surface area contributed by atoms with E-state index in [0.717, 1.165) is 108 Å². The van der Waals surface area contributed by atoms with Gasteiger partial charge in [-0.05, 0) is 43.4 Å². The molecule has 0 aliphatic carbocycles. The van der Waals surface area contributed by atoms with E-state index in [2.05, 4.69) is 48.5 Å². The Labute approximate surface area is 594 Å². The fourth-order valence-electron chi connectivity index (χ4n) is 12.0. The van der Waals surface area contributed by atoms with Crippen LogP contribution in [0, 0.1) is 17.8 Å². The molecule has 3 N–H and O–H groups in total. The predicted molar refractivity (Wildman–Crippen MR) is 395 cm³/mol. The van der Waals surface area contributed by atoms with Gasteiger partial charge in [0.1, 0.15) is 19.3 Å². The van der Waals surface area contributed by atoms with E-state index in [1.54, 1.807) is 0 Å². The van der Waals surface area contributed by atoms with Crippen molar-refractivity contribution in [1.29, 1.82) is 0 Å². The van der Waals surface area contributed by atoms with Crippen molar-refractivity contribution in [2.45, 2.75) is 420 Å². The van der Waals surface area contributed by atoms with Gasteiger partial charge in [-0.2, -0.15) is 0 Å². The number of esters is 4. The summed E-state index contributed by atoms with van der Waals surface area (Å²) in [6.45, 7) is 11.9. The van der Waals surface area contributed by atoms with E-state index in [1.807, 2.05) is 0 Å². The predicted octanol–water partition coefficient (Wildman–Crippen LogP) is 23.0. The molecular weight excluding hydrogens is 1270 g/mol. The Morgan fingerprint density at radius 2 is 0.474 bits per heavy atom. The van der Waals surface area contributed by atoms with Crippen molar-refractivity contribution in [3.63, 3.8) is 0 Å². The van der Waals surface area contributed by atoms with E-state index < -0.39 is 97.5 Å². The number of phosphoric ester groups is 2. The van der Waals surface area contributed by atoms with E-state index in [4.69, 9.17) is 37.0 Å². The van der Waals surface area contributed by atoms with Crippen LogP contribution in [-0.4, -0.2) is 96.7 Å². The average molecular weight is 1420 g/mol. The third-order valence-corrected chi connectivity index (χ3v) is 20.0. The second kappa shape index (κ2) is 68.5. The van der Waals surface area contributed by atoms with E-state index in [1.165, 1.54) is 212 Å². The Morgan fingerprint density at radius 1 is 0.278 bits per heavy atom. The van der Waals surface area contributed by atoms with Crippen LogP contribution < -0.4 is 0 Å². The third kappa shape index (κ3) is 72.2. The van der Waals surface area contributed by atoms with Gasteiger partial charge in [0.25, 0.3) is 0 Å². The first-order chi connectivity index (χ1) is 46.7. The topological polar surface area (TPSA) is 237 Å². The van der Waals surface area contributed by atoms with Gasteiger partial charge in [0.05, 0.1) is 26.4 Å². The van der Waals surface area contributed by atoms with Gasteiger partial charge in [0.15, 0.2) is 12.2 Å². The van der Waals surface area contributed by atoms with Crippen molar-refractivity contribution in [3.05, 3.63) is 0 Å². The molecule has 0 amide bonds. The molecule has 17 nitrogen and oxygen atoms in total. The van der Waals surface area contributed by atoms with E-state index in [0.29, 0.717) is 25.7 Å². The van der Waals surface area contributed by atoms with Crippen LogP contribution in [0.2, 0.25) is 0 Å². The van der Waals surface area contributed by atoms with Gasteiger partial charge >= 0.3 is 39.5 Å². The highest BCUT2D eigenvalue weighted by molar-refractivity contribution is 7.47. The number of aliphatic hydroxyl groups excluding tert-OH is 1. The highest BCUT2D eigenvalue weighted by atomic mass is 31.2. The maximum absolute atomic E-state index is 13.1. The van der Waals surface area contributed by atoms with Gasteiger partial charge in [-0.1, -0.05) is 350 Å². The Hall–Kier alpha value is -1.94. The zero-order valence-corrected chi connectivity index (χ0v) is 65.3. The molecule has 0 fully saturated rings. The van der Waals surface area contributed by atoms with E-state index in [-0.39, 0.29) is 25.7 Å². The monoisotopic (exact) mass is 1420 g/mol. The molecule has 2 unspecified atom stereocenters. The number of hydrogen-bond acceptors (Lipinski definition) is 15. The third-order valence-electron chi connectivity index (χ3n) is 18.1. The lowest BCUT2D eigenvalue weighted by atomic mass is 10.0. The lowest BCUT2D eigenvalue weighted by Gasteiger charge is -2.21. The van der Waals surface area contributed by atoms with Gasteiger partial charge in [-0.15, -0.1) is 0 Å². The molecule has 5 atom stereocenters. The summed E-state index contributed by atoms with van der Waals surface area (Å²) in [6, 6.07) is 0. The zero-order valence-electron chi connectivity index (χ0n) is 63.5. The van der Waals surface area contributed by atoms with Crippen molar-refractivity contribution in [2.75, 3.05) is 39.6 Å². The van der Waals surface area contributed by atoms with Gasteiger partial charge in [0.2, 0.25) is 0 Å². The van der Waals surface area contributed by atoms with Gasteiger partial charge in [-0.25, -0.2) is 9.13 Å². The number of phosphoric acid groups is 2. The number of rotatable bonds is 76. The Kier molecular flexibility index (Phi) is 67.1. The van der Waals surface area contributed by atoms with Crippen LogP contribution in [0.1, 0.15) is 402 Å². The molecule has 19 heteroatoms. The minimum Gasteiger partial charge on any atom is -0.462 e. The highest BCUT2D eigenvalue weighted by Crippen LogP contribution is 2.45. The summed E-state index contributed by atoms with van der Waals surface area (Å²) in [5.41, 5.74) is 0. The lowest BCUT2D eigenvalue weighted by Crippen LogP contribution is -2.30. The first-order valence-corrected chi connectivity index (χ1v) is 43.3. The van der Waals surface area contributed by atoms with Crippen molar-refractivity contribution < 1.29 is 80.2 Å². The summed E-state index contributed by atoms with van der Waals surface area (Å²) in [6.07, 6.45) is 55.4. The molecule has 0 heterocycles. The molecule has 0 aromatic rings. The minimum absolute atomic E-state index is 0.106. The molecule has 0 aromatic carbocycles. The fourth-order valence-corrected chi connectivity index (χ4v) is 13.5. The van der Waals surface area contributed by atoms with Gasteiger partial charge in [0, 0.05) is 25.7 Å². The summed E-state index contributed by atoms with van der Waals surface area (Å²) < 4.78 is 68.6. The second-order valence-electron chi connectivity index (χ2n) is 29.5.